The number of aromatic nitrogens is 1. The van der Waals surface area contributed by atoms with Gasteiger partial charge in [-0.05, 0) is 74.4 Å². The lowest BCUT2D eigenvalue weighted by molar-refractivity contribution is -0.235. The molecule has 1 N–H and O–H groups in total. The van der Waals surface area contributed by atoms with Gasteiger partial charge >= 0.3 is 17.9 Å². The molecule has 1 spiro atoms. The molecule has 1 saturated carbocycles. The molecule has 0 amide bonds. The number of methoxy groups -OCH3 is 4. The Balaban J connectivity index is 1.38. The number of hydrogen-bond acceptors (Lipinski definition) is 11. The molecule has 1 unspecified atom stereocenters. The van der Waals surface area contributed by atoms with Crippen LogP contribution in [0.4, 0.5) is 5.69 Å². The summed E-state index contributed by atoms with van der Waals surface area (Å²) in [4.78, 5) is 54.1. The Kier molecular flexibility index (Phi) is 9.41. The van der Waals surface area contributed by atoms with Gasteiger partial charge in [0.1, 0.15) is 11.2 Å². The molecule has 2 aromatic carbocycles. The topological polar surface area (TPSA) is 123 Å². The lowest BCUT2D eigenvalue weighted by Crippen LogP contribution is -2.81. The Labute approximate surface area is 346 Å². The van der Waals surface area contributed by atoms with Crippen molar-refractivity contribution in [1.82, 2.24) is 14.8 Å². The van der Waals surface area contributed by atoms with Crippen molar-refractivity contribution in [3.05, 3.63) is 82.1 Å². The smallest absolute Gasteiger partial charge is 0.344 e. The highest BCUT2D eigenvalue weighted by atomic mass is 16.6. The first-order chi connectivity index (χ1) is 28.3. The van der Waals surface area contributed by atoms with Crippen LogP contribution in [0.1, 0.15) is 74.4 Å². The summed E-state index contributed by atoms with van der Waals surface area (Å²) in [6.07, 6.45) is 8.31. The van der Waals surface area contributed by atoms with E-state index in [2.05, 4.69) is 82.9 Å². The van der Waals surface area contributed by atoms with E-state index < -0.39 is 45.9 Å². The van der Waals surface area contributed by atoms with Crippen molar-refractivity contribution in [3.63, 3.8) is 0 Å². The van der Waals surface area contributed by atoms with Crippen LogP contribution in [0.25, 0.3) is 10.9 Å². The van der Waals surface area contributed by atoms with Crippen molar-refractivity contribution in [2.45, 2.75) is 94.5 Å². The van der Waals surface area contributed by atoms with Gasteiger partial charge < -0.3 is 33.6 Å². The van der Waals surface area contributed by atoms with E-state index in [4.69, 9.17) is 23.7 Å². The summed E-state index contributed by atoms with van der Waals surface area (Å²) in [5, 5.41) is 1.10. The molecule has 1 saturated heterocycles. The summed E-state index contributed by atoms with van der Waals surface area (Å²) in [5.74, 6) is -0.870. The number of rotatable bonds is 8. The first-order valence-electron chi connectivity index (χ1n) is 21.1. The first-order valence-corrected chi connectivity index (χ1v) is 21.1. The highest BCUT2D eigenvalue weighted by Crippen LogP contribution is 2.69. The minimum absolute atomic E-state index is 0.0449. The molecule has 2 bridgehead atoms. The van der Waals surface area contributed by atoms with Crippen LogP contribution >= 0.6 is 0 Å². The Hall–Kier alpha value is -4.65. The van der Waals surface area contributed by atoms with Gasteiger partial charge in [0.25, 0.3) is 0 Å². The number of nitrogens with one attached hydrogen (secondary N) is 1. The number of H-pyrrole nitrogens is 1. The summed E-state index contributed by atoms with van der Waals surface area (Å²) in [6, 6.07) is 9.83. The molecule has 1 aromatic heterocycles. The zero-order chi connectivity index (χ0) is 41.8. The molecule has 2 fully saturated rings. The number of aromatic amines is 1. The maximum absolute atomic E-state index is 15.3. The number of nitrogens with zero attached hydrogens (tertiary/aromatic N) is 3. The third kappa shape index (κ3) is 5.08. The fourth-order valence-electron chi connectivity index (χ4n) is 13.3. The van der Waals surface area contributed by atoms with Crippen molar-refractivity contribution in [1.29, 1.82) is 0 Å². The molecular formula is C47H58N4O8. The molecule has 59 heavy (non-hydrogen) atoms. The van der Waals surface area contributed by atoms with E-state index in [1.807, 2.05) is 13.1 Å². The monoisotopic (exact) mass is 806 g/mol. The number of carbonyl (C=O) groups is 3. The van der Waals surface area contributed by atoms with E-state index in [1.165, 1.54) is 33.8 Å². The fourth-order valence-corrected chi connectivity index (χ4v) is 13.3. The van der Waals surface area contributed by atoms with Crippen LogP contribution in [-0.2, 0) is 50.7 Å². The van der Waals surface area contributed by atoms with Crippen molar-refractivity contribution in [2.75, 3.05) is 66.6 Å². The number of esters is 3. The molecule has 3 aromatic rings. The molecule has 0 radical (unpaired) electrons. The van der Waals surface area contributed by atoms with Crippen LogP contribution in [0.2, 0.25) is 0 Å². The molecule has 314 valence electrons. The summed E-state index contributed by atoms with van der Waals surface area (Å²) in [6.45, 7) is 11.6. The zero-order valence-corrected chi connectivity index (χ0v) is 35.9. The van der Waals surface area contributed by atoms with Gasteiger partial charge in [0.15, 0.2) is 6.10 Å². The Morgan fingerprint density at radius 1 is 0.966 bits per heavy atom. The van der Waals surface area contributed by atoms with Crippen LogP contribution in [-0.4, -0.2) is 118 Å². The minimum Gasteiger partial charge on any atom is -0.496 e. The van der Waals surface area contributed by atoms with Crippen molar-refractivity contribution in [3.8, 4) is 5.75 Å². The van der Waals surface area contributed by atoms with Gasteiger partial charge in [0, 0.05) is 98.0 Å². The van der Waals surface area contributed by atoms with Crippen molar-refractivity contribution >= 4 is 34.5 Å². The van der Waals surface area contributed by atoms with Gasteiger partial charge in [-0.1, -0.05) is 49.3 Å². The van der Waals surface area contributed by atoms with E-state index in [9.17, 15) is 9.59 Å². The van der Waals surface area contributed by atoms with Crippen LogP contribution in [0.15, 0.2) is 54.1 Å². The lowest BCUT2D eigenvalue weighted by atomic mass is 9.47. The van der Waals surface area contributed by atoms with E-state index in [0.29, 0.717) is 38.1 Å². The summed E-state index contributed by atoms with van der Waals surface area (Å²) in [7, 11) is 8.01. The van der Waals surface area contributed by atoms with Gasteiger partial charge in [-0.3, -0.25) is 19.4 Å². The molecule has 12 nitrogen and oxygen atoms in total. The van der Waals surface area contributed by atoms with Crippen LogP contribution < -0.4 is 9.64 Å². The number of hydrogen-bond donors (Lipinski definition) is 1. The van der Waals surface area contributed by atoms with E-state index in [1.54, 1.807) is 7.11 Å². The largest absolute Gasteiger partial charge is 0.496 e. The molecule has 1 aliphatic carbocycles. The lowest BCUT2D eigenvalue weighted by Gasteiger charge is -2.64. The van der Waals surface area contributed by atoms with Gasteiger partial charge in [-0.15, -0.1) is 0 Å². The van der Waals surface area contributed by atoms with Gasteiger partial charge in [0.05, 0.1) is 27.4 Å². The average Bonchev–Trinajstić information content (AvgIpc) is 3.88. The fraction of sp³-hybridized carbons (Fsp3) is 0.553. The molecule has 5 aliphatic heterocycles. The summed E-state index contributed by atoms with van der Waals surface area (Å²) >= 11 is 0. The third-order valence-electron chi connectivity index (χ3n) is 15.3. The van der Waals surface area contributed by atoms with Crippen molar-refractivity contribution < 1.29 is 38.1 Å². The predicted octanol–water partition coefficient (Wildman–Crippen LogP) is 5.72. The highest BCUT2D eigenvalue weighted by Gasteiger charge is 2.81. The number of anilines is 1. The second kappa shape index (κ2) is 14.0. The summed E-state index contributed by atoms with van der Waals surface area (Å²) in [5.41, 5.74) is 3.33. The standard InChI is InChI=1S/C47H58N4O8/c1-10-29-20-30-23-46(42(53)56-7,38-32(26-50(24-29)25-30)31-19-27(3)13-14-35(31)48-38)34-21-33-36(22-37(34)55-6)49(5)40-45(33)16-18-51-17-12-15-44(11-2,39(45)51)41(59-28(4)52)47(40,58-9)43(54)57-8/h12-15,19-22,30,39-41,48H,10-11,16-18,23-26H2,1-9H3/t30-,39+,40-,41-,44-,45-,46+,47+/m1/s1. The Morgan fingerprint density at radius 2 is 1.75 bits per heavy atom. The van der Waals surface area contributed by atoms with Crippen LogP contribution in [0, 0.1) is 18.3 Å². The third-order valence-corrected chi connectivity index (χ3v) is 15.3. The molecule has 12 heteroatoms. The number of carbonyl (C=O) groups excluding carboxylic acids is 3. The molecule has 6 aliphatic rings. The maximum atomic E-state index is 15.3. The zero-order valence-electron chi connectivity index (χ0n) is 35.9. The molecule has 6 heterocycles. The normalized spacial score (nSPS) is 34.2. The predicted molar refractivity (Wildman–Crippen MR) is 224 cm³/mol. The van der Waals surface area contributed by atoms with E-state index in [-0.39, 0.29) is 17.9 Å². The highest BCUT2D eigenvalue weighted by molar-refractivity contribution is 5.95. The van der Waals surface area contributed by atoms with E-state index >= 15 is 4.79 Å². The average molecular weight is 807 g/mol. The second-order valence-corrected chi connectivity index (χ2v) is 17.9. The van der Waals surface area contributed by atoms with Gasteiger partial charge in [-0.25, -0.2) is 4.79 Å². The number of ether oxygens (including phenoxy) is 5. The number of likely N-dealkylation sites (N-methyl/N-ethyl adjacent to an activating group) is 1. The van der Waals surface area contributed by atoms with E-state index in [0.717, 1.165) is 70.6 Å². The SMILES string of the molecule is CCC1=C[C@H]2CN(C1)Cc1c([nH]c3ccc(C)cc13)[C@@](C(=O)OC)(c1cc3c(cc1OC)N(C)[C@H]1[C@@](OC)(C(=O)OC)[C@H](OC(C)=O)[C@]4(CC)C=CCN5CC[C@]31[C@@H]54)C2. The molecule has 9 atom stereocenters. The number of aryl methyl sites for hydroxylation is 1. The van der Waals surface area contributed by atoms with Crippen LogP contribution in [0.3, 0.4) is 0 Å². The Morgan fingerprint density at radius 3 is 2.42 bits per heavy atom. The van der Waals surface area contributed by atoms with Crippen molar-refractivity contribution in [2.24, 2.45) is 11.3 Å². The van der Waals surface area contributed by atoms with Gasteiger partial charge in [0.2, 0.25) is 5.60 Å². The Bertz CT molecular complexity index is 2320. The first kappa shape index (κ1) is 39.8. The minimum atomic E-state index is -1.73. The second-order valence-electron chi connectivity index (χ2n) is 17.9. The molecular weight excluding hydrogens is 749 g/mol. The summed E-state index contributed by atoms with van der Waals surface area (Å²) < 4.78 is 31.1. The van der Waals surface area contributed by atoms with Gasteiger partial charge in [-0.2, -0.15) is 0 Å². The maximum Gasteiger partial charge on any atom is 0.344 e. The molecule has 9 rings (SSSR count). The quantitative estimate of drug-likeness (QED) is 0.171. The number of fused-ring (bicyclic) bond motifs is 6. The van der Waals surface area contributed by atoms with Crippen LogP contribution in [0.5, 0.6) is 5.75 Å². The number of benzene rings is 2.